The summed E-state index contributed by atoms with van der Waals surface area (Å²) in [5.74, 6) is 0.972. The Labute approximate surface area is 112 Å². The maximum atomic E-state index is 3.67. The summed E-state index contributed by atoms with van der Waals surface area (Å²) in [6, 6.07) is 9.70. The lowest BCUT2D eigenvalue weighted by Crippen LogP contribution is -2.32. The van der Waals surface area contributed by atoms with Crippen molar-refractivity contribution in [1.82, 2.24) is 5.32 Å². The molecular weight excluding hydrogens is 218 g/mol. The molecule has 1 N–H and O–H groups in total. The molecule has 1 aromatic carbocycles. The predicted octanol–water partition coefficient (Wildman–Crippen LogP) is 4.10. The molecule has 1 unspecified atom stereocenters. The van der Waals surface area contributed by atoms with Crippen LogP contribution in [0.25, 0.3) is 0 Å². The smallest absolute Gasteiger partial charge is 0.0110 e. The first-order valence-corrected chi connectivity index (χ1v) is 7.57. The van der Waals surface area contributed by atoms with E-state index in [9.17, 15) is 0 Å². The zero-order chi connectivity index (χ0) is 12.8. The van der Waals surface area contributed by atoms with Gasteiger partial charge in [0.25, 0.3) is 0 Å². The van der Waals surface area contributed by atoms with E-state index in [1.807, 2.05) is 0 Å². The number of rotatable bonds is 6. The molecule has 1 fully saturated rings. The average molecular weight is 245 g/mol. The summed E-state index contributed by atoms with van der Waals surface area (Å²) in [4.78, 5) is 0. The number of aryl methyl sites for hydroxylation is 1. The quantitative estimate of drug-likeness (QED) is 0.796. The van der Waals surface area contributed by atoms with Gasteiger partial charge >= 0.3 is 0 Å². The van der Waals surface area contributed by atoms with E-state index in [0.29, 0.717) is 6.04 Å². The van der Waals surface area contributed by atoms with Crippen molar-refractivity contribution in [2.75, 3.05) is 6.54 Å². The van der Waals surface area contributed by atoms with Crippen LogP contribution in [0.2, 0.25) is 0 Å². The third-order valence-electron chi connectivity index (χ3n) is 4.19. The van der Waals surface area contributed by atoms with Gasteiger partial charge in [0, 0.05) is 6.04 Å². The summed E-state index contributed by atoms with van der Waals surface area (Å²) in [6.45, 7) is 5.46. The number of likely N-dealkylation sites (N-methyl/N-ethyl adjacent to an activating group) is 1. The molecule has 0 aromatic heterocycles. The normalized spacial score (nSPS) is 18.1. The monoisotopic (exact) mass is 245 g/mol. The lowest BCUT2D eigenvalue weighted by molar-refractivity contribution is 0.390. The number of hydrogen-bond acceptors (Lipinski definition) is 1. The van der Waals surface area contributed by atoms with Crippen molar-refractivity contribution in [2.24, 2.45) is 5.92 Å². The minimum atomic E-state index is 0.667. The Kier molecular flexibility index (Phi) is 5.25. The Hall–Kier alpha value is -0.820. The third kappa shape index (κ3) is 4.13. The van der Waals surface area contributed by atoms with E-state index < -0.39 is 0 Å². The van der Waals surface area contributed by atoms with Crippen LogP contribution in [0, 0.1) is 12.8 Å². The summed E-state index contributed by atoms with van der Waals surface area (Å²) in [6.07, 6.45) is 8.36. The highest BCUT2D eigenvalue weighted by Gasteiger charge is 2.19. The second kappa shape index (κ2) is 6.94. The SMILES string of the molecule is CCNC(Cc1ccc(C)cc1)CC1CCCC1. The molecular formula is C17H27N. The molecule has 1 saturated carbocycles. The lowest BCUT2D eigenvalue weighted by atomic mass is 9.93. The van der Waals surface area contributed by atoms with E-state index in [1.165, 1.54) is 49.7 Å². The van der Waals surface area contributed by atoms with Crippen molar-refractivity contribution in [3.05, 3.63) is 35.4 Å². The second-order valence-electron chi connectivity index (χ2n) is 5.83. The van der Waals surface area contributed by atoms with Crippen LogP contribution in [-0.4, -0.2) is 12.6 Å². The Morgan fingerprint density at radius 3 is 2.44 bits per heavy atom. The first kappa shape index (κ1) is 13.6. The van der Waals surface area contributed by atoms with Crippen molar-refractivity contribution in [3.8, 4) is 0 Å². The summed E-state index contributed by atoms with van der Waals surface area (Å²) in [5, 5.41) is 3.67. The maximum absolute atomic E-state index is 3.67. The van der Waals surface area contributed by atoms with Crippen LogP contribution >= 0.6 is 0 Å². The van der Waals surface area contributed by atoms with Gasteiger partial charge in [0.2, 0.25) is 0 Å². The molecule has 0 radical (unpaired) electrons. The first-order chi connectivity index (χ1) is 8.78. The van der Waals surface area contributed by atoms with Gasteiger partial charge in [-0.05, 0) is 37.8 Å². The fraction of sp³-hybridized carbons (Fsp3) is 0.647. The number of hydrogen-bond donors (Lipinski definition) is 1. The molecule has 1 aromatic rings. The zero-order valence-corrected chi connectivity index (χ0v) is 11.9. The third-order valence-corrected chi connectivity index (χ3v) is 4.19. The van der Waals surface area contributed by atoms with Crippen molar-refractivity contribution < 1.29 is 0 Å². The molecule has 1 atom stereocenters. The van der Waals surface area contributed by atoms with Crippen LogP contribution in [0.3, 0.4) is 0 Å². The van der Waals surface area contributed by atoms with Crippen LogP contribution in [0.1, 0.15) is 50.2 Å². The van der Waals surface area contributed by atoms with Gasteiger partial charge in [-0.2, -0.15) is 0 Å². The van der Waals surface area contributed by atoms with E-state index in [2.05, 4.69) is 43.4 Å². The molecule has 0 saturated heterocycles. The fourth-order valence-corrected chi connectivity index (χ4v) is 3.18. The lowest BCUT2D eigenvalue weighted by Gasteiger charge is -2.21. The zero-order valence-electron chi connectivity index (χ0n) is 11.9. The molecule has 18 heavy (non-hydrogen) atoms. The molecule has 0 heterocycles. The van der Waals surface area contributed by atoms with Crippen LogP contribution < -0.4 is 5.32 Å². The Morgan fingerprint density at radius 1 is 1.17 bits per heavy atom. The summed E-state index contributed by atoms with van der Waals surface area (Å²) >= 11 is 0. The fourth-order valence-electron chi connectivity index (χ4n) is 3.18. The number of benzene rings is 1. The summed E-state index contributed by atoms with van der Waals surface area (Å²) < 4.78 is 0. The van der Waals surface area contributed by atoms with Crippen molar-refractivity contribution >= 4 is 0 Å². The van der Waals surface area contributed by atoms with E-state index in [-0.39, 0.29) is 0 Å². The average Bonchev–Trinajstić information content (AvgIpc) is 2.85. The molecule has 1 nitrogen and oxygen atoms in total. The molecule has 0 bridgehead atoms. The van der Waals surface area contributed by atoms with E-state index in [1.54, 1.807) is 0 Å². The van der Waals surface area contributed by atoms with Gasteiger partial charge in [-0.25, -0.2) is 0 Å². The highest BCUT2D eigenvalue weighted by atomic mass is 14.9. The van der Waals surface area contributed by atoms with Crippen LogP contribution in [0.5, 0.6) is 0 Å². The van der Waals surface area contributed by atoms with Gasteiger partial charge in [0.1, 0.15) is 0 Å². The topological polar surface area (TPSA) is 12.0 Å². The van der Waals surface area contributed by atoms with Gasteiger partial charge in [-0.15, -0.1) is 0 Å². The molecule has 0 amide bonds. The minimum Gasteiger partial charge on any atom is -0.314 e. The number of nitrogens with one attached hydrogen (secondary N) is 1. The summed E-state index contributed by atoms with van der Waals surface area (Å²) in [5.41, 5.74) is 2.83. The predicted molar refractivity (Wildman–Crippen MR) is 78.9 cm³/mol. The van der Waals surface area contributed by atoms with Gasteiger partial charge in [-0.3, -0.25) is 0 Å². The van der Waals surface area contributed by atoms with Gasteiger partial charge in [-0.1, -0.05) is 62.4 Å². The minimum absolute atomic E-state index is 0.667. The van der Waals surface area contributed by atoms with Crippen molar-refractivity contribution in [1.29, 1.82) is 0 Å². The molecule has 0 spiro atoms. The van der Waals surface area contributed by atoms with Crippen molar-refractivity contribution in [3.63, 3.8) is 0 Å². The largest absolute Gasteiger partial charge is 0.314 e. The Bertz CT molecular complexity index is 335. The molecule has 1 aliphatic rings. The molecule has 1 heteroatoms. The second-order valence-corrected chi connectivity index (χ2v) is 5.83. The van der Waals surface area contributed by atoms with Crippen LogP contribution in [0.4, 0.5) is 0 Å². The van der Waals surface area contributed by atoms with Gasteiger partial charge < -0.3 is 5.32 Å². The Morgan fingerprint density at radius 2 is 1.83 bits per heavy atom. The van der Waals surface area contributed by atoms with E-state index in [4.69, 9.17) is 0 Å². The highest BCUT2D eigenvalue weighted by Crippen LogP contribution is 2.29. The highest BCUT2D eigenvalue weighted by molar-refractivity contribution is 5.22. The maximum Gasteiger partial charge on any atom is 0.0110 e. The van der Waals surface area contributed by atoms with Gasteiger partial charge in [0.05, 0.1) is 0 Å². The van der Waals surface area contributed by atoms with Gasteiger partial charge in [0.15, 0.2) is 0 Å². The Balaban J connectivity index is 1.90. The molecule has 2 rings (SSSR count). The molecule has 100 valence electrons. The van der Waals surface area contributed by atoms with Crippen LogP contribution in [0.15, 0.2) is 24.3 Å². The van der Waals surface area contributed by atoms with E-state index >= 15 is 0 Å². The molecule has 0 aliphatic heterocycles. The summed E-state index contributed by atoms with van der Waals surface area (Å²) in [7, 11) is 0. The van der Waals surface area contributed by atoms with Crippen LogP contribution in [-0.2, 0) is 6.42 Å². The van der Waals surface area contributed by atoms with E-state index in [0.717, 1.165) is 12.5 Å². The first-order valence-electron chi connectivity index (χ1n) is 7.57. The van der Waals surface area contributed by atoms with Crippen molar-refractivity contribution in [2.45, 2.75) is 58.4 Å². The molecule has 1 aliphatic carbocycles. The standard InChI is InChI=1S/C17H27N/c1-3-18-17(12-15-6-4-5-7-15)13-16-10-8-14(2)9-11-16/h8-11,15,17-18H,3-7,12-13H2,1-2H3.